The molecular weight excluding hydrogens is 241 g/mol. The van der Waals surface area contributed by atoms with Gasteiger partial charge in [-0.15, -0.1) is 0 Å². The van der Waals surface area contributed by atoms with E-state index in [1.165, 1.54) is 6.07 Å². The van der Waals surface area contributed by atoms with Crippen molar-refractivity contribution in [3.8, 4) is 0 Å². The molecule has 0 aromatic heterocycles. The molecule has 0 aliphatic carbocycles. The SMILES string of the molecule is Cc1ccc(F)c(NC(=O)Cc2ccccc2C)c1. The quantitative estimate of drug-likeness (QED) is 0.894. The molecule has 3 heteroatoms. The summed E-state index contributed by atoms with van der Waals surface area (Å²) in [4.78, 5) is 11.9. The third-order valence-electron chi connectivity index (χ3n) is 3.01. The minimum atomic E-state index is -0.413. The van der Waals surface area contributed by atoms with E-state index in [0.717, 1.165) is 16.7 Å². The molecule has 0 atom stereocenters. The Bertz CT molecular complexity index is 607. The highest BCUT2D eigenvalue weighted by atomic mass is 19.1. The van der Waals surface area contributed by atoms with Gasteiger partial charge in [0, 0.05) is 0 Å². The van der Waals surface area contributed by atoms with Gasteiger partial charge in [-0.05, 0) is 42.7 Å². The van der Waals surface area contributed by atoms with Crippen LogP contribution < -0.4 is 5.32 Å². The molecule has 1 amide bonds. The van der Waals surface area contributed by atoms with E-state index in [0.29, 0.717) is 0 Å². The summed E-state index contributed by atoms with van der Waals surface area (Å²) in [5.74, 6) is -0.623. The Morgan fingerprint density at radius 3 is 2.63 bits per heavy atom. The van der Waals surface area contributed by atoms with Gasteiger partial charge in [-0.2, -0.15) is 0 Å². The molecule has 2 nitrogen and oxygen atoms in total. The van der Waals surface area contributed by atoms with E-state index in [1.54, 1.807) is 12.1 Å². The molecule has 0 saturated heterocycles. The van der Waals surface area contributed by atoms with Crippen LogP contribution in [0.1, 0.15) is 16.7 Å². The number of amides is 1. The summed E-state index contributed by atoms with van der Waals surface area (Å²) in [5, 5.41) is 2.61. The highest BCUT2D eigenvalue weighted by molar-refractivity contribution is 5.92. The predicted molar refractivity (Wildman–Crippen MR) is 74.6 cm³/mol. The fourth-order valence-electron chi connectivity index (χ4n) is 1.91. The predicted octanol–water partition coefficient (Wildman–Crippen LogP) is 3.62. The molecule has 0 bridgehead atoms. The zero-order valence-electron chi connectivity index (χ0n) is 11.0. The molecule has 0 aliphatic heterocycles. The van der Waals surface area contributed by atoms with Gasteiger partial charge >= 0.3 is 0 Å². The number of halogens is 1. The summed E-state index contributed by atoms with van der Waals surface area (Å²) in [6.07, 6.45) is 0.250. The highest BCUT2D eigenvalue weighted by Crippen LogP contribution is 2.16. The van der Waals surface area contributed by atoms with Crippen LogP contribution in [0, 0.1) is 19.7 Å². The van der Waals surface area contributed by atoms with Crippen LogP contribution in [0.4, 0.5) is 10.1 Å². The number of anilines is 1. The number of hydrogen-bond acceptors (Lipinski definition) is 1. The molecule has 2 rings (SSSR count). The number of hydrogen-bond donors (Lipinski definition) is 1. The monoisotopic (exact) mass is 257 g/mol. The maximum Gasteiger partial charge on any atom is 0.228 e. The zero-order chi connectivity index (χ0) is 13.8. The van der Waals surface area contributed by atoms with Crippen LogP contribution in [-0.2, 0) is 11.2 Å². The Balaban J connectivity index is 2.10. The fourth-order valence-corrected chi connectivity index (χ4v) is 1.91. The lowest BCUT2D eigenvalue weighted by Crippen LogP contribution is -2.16. The Kier molecular flexibility index (Phi) is 3.95. The van der Waals surface area contributed by atoms with E-state index >= 15 is 0 Å². The first-order chi connectivity index (χ1) is 9.06. The van der Waals surface area contributed by atoms with Crippen LogP contribution in [0.3, 0.4) is 0 Å². The number of carbonyl (C=O) groups excluding carboxylic acids is 1. The fraction of sp³-hybridized carbons (Fsp3) is 0.188. The van der Waals surface area contributed by atoms with Crippen molar-refractivity contribution in [2.45, 2.75) is 20.3 Å². The van der Waals surface area contributed by atoms with Crippen LogP contribution in [0.2, 0.25) is 0 Å². The maximum atomic E-state index is 13.5. The standard InChI is InChI=1S/C16H16FNO/c1-11-7-8-14(17)15(9-11)18-16(19)10-13-6-4-3-5-12(13)2/h3-9H,10H2,1-2H3,(H,18,19). The Morgan fingerprint density at radius 1 is 1.16 bits per heavy atom. The largest absolute Gasteiger partial charge is 0.323 e. The average Bonchev–Trinajstić information content (AvgIpc) is 2.37. The van der Waals surface area contributed by atoms with Gasteiger partial charge in [0.25, 0.3) is 0 Å². The first-order valence-electron chi connectivity index (χ1n) is 6.17. The van der Waals surface area contributed by atoms with Gasteiger partial charge in [-0.3, -0.25) is 4.79 Å². The van der Waals surface area contributed by atoms with Crippen molar-refractivity contribution < 1.29 is 9.18 Å². The van der Waals surface area contributed by atoms with Crippen molar-refractivity contribution in [3.63, 3.8) is 0 Å². The van der Waals surface area contributed by atoms with Gasteiger partial charge in [-0.1, -0.05) is 30.3 Å². The molecule has 2 aromatic carbocycles. The Labute approximate surface area is 112 Å². The summed E-state index contributed by atoms with van der Waals surface area (Å²) in [5.41, 5.74) is 3.15. The number of rotatable bonds is 3. The lowest BCUT2D eigenvalue weighted by molar-refractivity contribution is -0.115. The van der Waals surface area contributed by atoms with Crippen LogP contribution in [0.25, 0.3) is 0 Å². The second-order valence-electron chi connectivity index (χ2n) is 4.63. The van der Waals surface area contributed by atoms with E-state index in [4.69, 9.17) is 0 Å². The van der Waals surface area contributed by atoms with Gasteiger partial charge in [0.05, 0.1) is 12.1 Å². The lowest BCUT2D eigenvalue weighted by atomic mass is 10.1. The minimum Gasteiger partial charge on any atom is -0.323 e. The number of carbonyl (C=O) groups is 1. The van der Waals surface area contributed by atoms with Crippen molar-refractivity contribution in [2.75, 3.05) is 5.32 Å². The molecule has 2 aromatic rings. The summed E-state index contributed by atoms with van der Waals surface area (Å²) < 4.78 is 13.5. The van der Waals surface area contributed by atoms with Crippen LogP contribution in [0.5, 0.6) is 0 Å². The van der Waals surface area contributed by atoms with Crippen molar-refractivity contribution in [1.29, 1.82) is 0 Å². The van der Waals surface area contributed by atoms with E-state index < -0.39 is 5.82 Å². The average molecular weight is 257 g/mol. The van der Waals surface area contributed by atoms with Crippen LogP contribution >= 0.6 is 0 Å². The van der Waals surface area contributed by atoms with Gasteiger partial charge in [-0.25, -0.2) is 4.39 Å². The van der Waals surface area contributed by atoms with E-state index in [9.17, 15) is 9.18 Å². The summed E-state index contributed by atoms with van der Waals surface area (Å²) in [6, 6.07) is 12.3. The van der Waals surface area contributed by atoms with Crippen LogP contribution in [0.15, 0.2) is 42.5 Å². The summed E-state index contributed by atoms with van der Waals surface area (Å²) in [7, 11) is 0. The van der Waals surface area contributed by atoms with Crippen molar-refractivity contribution >= 4 is 11.6 Å². The first-order valence-corrected chi connectivity index (χ1v) is 6.17. The molecule has 1 N–H and O–H groups in total. The normalized spacial score (nSPS) is 10.3. The zero-order valence-corrected chi connectivity index (χ0v) is 11.0. The third kappa shape index (κ3) is 3.41. The molecule has 0 radical (unpaired) electrons. The van der Waals surface area contributed by atoms with Gasteiger partial charge in [0.2, 0.25) is 5.91 Å². The molecule has 0 spiro atoms. The first kappa shape index (κ1) is 13.3. The summed E-state index contributed by atoms with van der Waals surface area (Å²) in [6.45, 7) is 3.81. The van der Waals surface area contributed by atoms with Gasteiger partial charge in [0.1, 0.15) is 5.82 Å². The smallest absolute Gasteiger partial charge is 0.228 e. The third-order valence-corrected chi connectivity index (χ3v) is 3.01. The maximum absolute atomic E-state index is 13.5. The molecule has 98 valence electrons. The topological polar surface area (TPSA) is 29.1 Å². The van der Waals surface area contributed by atoms with Gasteiger partial charge in [0.15, 0.2) is 0 Å². The molecule has 0 heterocycles. The van der Waals surface area contributed by atoms with E-state index in [2.05, 4.69) is 5.32 Å². The molecule has 0 fully saturated rings. The van der Waals surface area contributed by atoms with Crippen molar-refractivity contribution in [1.82, 2.24) is 0 Å². The molecular formula is C16H16FNO. The molecule has 0 saturated carbocycles. The van der Waals surface area contributed by atoms with E-state index in [1.807, 2.05) is 38.1 Å². The van der Waals surface area contributed by atoms with Crippen molar-refractivity contribution in [2.24, 2.45) is 0 Å². The van der Waals surface area contributed by atoms with Gasteiger partial charge < -0.3 is 5.32 Å². The molecule has 0 unspecified atom stereocenters. The lowest BCUT2D eigenvalue weighted by Gasteiger charge is -2.08. The minimum absolute atomic E-state index is 0.209. The Hall–Kier alpha value is -2.16. The van der Waals surface area contributed by atoms with E-state index in [-0.39, 0.29) is 18.0 Å². The van der Waals surface area contributed by atoms with Crippen molar-refractivity contribution in [3.05, 3.63) is 65.0 Å². The number of benzene rings is 2. The highest BCUT2D eigenvalue weighted by Gasteiger charge is 2.09. The molecule has 19 heavy (non-hydrogen) atoms. The molecule has 0 aliphatic rings. The second-order valence-corrected chi connectivity index (χ2v) is 4.63. The summed E-state index contributed by atoms with van der Waals surface area (Å²) >= 11 is 0. The van der Waals surface area contributed by atoms with Crippen LogP contribution in [-0.4, -0.2) is 5.91 Å². The number of aryl methyl sites for hydroxylation is 2. The number of nitrogens with one attached hydrogen (secondary N) is 1. The Morgan fingerprint density at radius 2 is 1.89 bits per heavy atom. The second kappa shape index (κ2) is 5.65.